The maximum Gasteiger partial charge on any atom is 0.344 e. The highest BCUT2D eigenvalue weighted by molar-refractivity contribution is 9.10. The molecule has 3 rings (SSSR count). The number of carbonyl (C=O) groups is 1. The summed E-state index contributed by atoms with van der Waals surface area (Å²) in [4.78, 5) is 18.1. The molecule has 0 fully saturated rings. The molecule has 0 spiro atoms. The Labute approximate surface area is 187 Å². The van der Waals surface area contributed by atoms with Gasteiger partial charge in [0.1, 0.15) is 5.75 Å². The summed E-state index contributed by atoms with van der Waals surface area (Å²) in [6.07, 6.45) is 1.93. The second-order valence-electron chi connectivity index (χ2n) is 6.53. The predicted molar refractivity (Wildman–Crippen MR) is 122 cm³/mol. The molecule has 152 valence electrons. The molecule has 1 heterocycles. The Kier molecular flexibility index (Phi) is 7.38. The van der Waals surface area contributed by atoms with Crippen LogP contribution in [-0.2, 0) is 14.3 Å². The van der Waals surface area contributed by atoms with E-state index in [4.69, 9.17) is 9.47 Å². The summed E-state index contributed by atoms with van der Waals surface area (Å²) in [5.74, 6) is 0.321. The van der Waals surface area contributed by atoms with Gasteiger partial charge in [0, 0.05) is 20.4 Å². The van der Waals surface area contributed by atoms with Crippen molar-refractivity contribution in [3.8, 4) is 5.75 Å². The highest BCUT2D eigenvalue weighted by Gasteiger charge is 2.32. The van der Waals surface area contributed by atoms with Gasteiger partial charge in [-0.1, -0.05) is 28.1 Å². The first-order chi connectivity index (χ1) is 13.9. The molecule has 0 radical (unpaired) electrons. The lowest BCUT2D eigenvalue weighted by Crippen LogP contribution is -2.18. The number of thiazole rings is 1. The number of esters is 1. The molecule has 0 bridgehead atoms. The molecule has 0 aliphatic rings. The summed E-state index contributed by atoms with van der Waals surface area (Å²) >= 11 is 7.01. The summed E-state index contributed by atoms with van der Waals surface area (Å²) in [5.41, 5.74) is 4.03. The minimum Gasteiger partial charge on any atom is -0.482 e. The molecule has 3 aromatic rings. The number of aromatic nitrogens is 1. The summed E-state index contributed by atoms with van der Waals surface area (Å²) in [6, 6.07) is 14.4. The van der Waals surface area contributed by atoms with Crippen molar-refractivity contribution in [3.63, 3.8) is 0 Å². The van der Waals surface area contributed by atoms with E-state index in [-0.39, 0.29) is 17.3 Å². The van der Waals surface area contributed by atoms with Crippen LogP contribution in [0.4, 0.5) is 0 Å². The number of thioether (sulfide) groups is 1. The molecule has 29 heavy (non-hydrogen) atoms. The fraction of sp³-hybridized carbons (Fsp3) is 0.273. The van der Waals surface area contributed by atoms with Crippen molar-refractivity contribution in [3.05, 3.63) is 74.6 Å². The molecule has 0 amide bonds. The van der Waals surface area contributed by atoms with Crippen LogP contribution in [0.25, 0.3) is 0 Å². The normalized spacial score (nSPS) is 13.0. The van der Waals surface area contributed by atoms with E-state index in [0.29, 0.717) is 12.4 Å². The van der Waals surface area contributed by atoms with Crippen molar-refractivity contribution >= 4 is 45.0 Å². The van der Waals surface area contributed by atoms with Crippen molar-refractivity contribution in [2.45, 2.75) is 30.4 Å². The Hall–Kier alpha value is -1.83. The number of hydrogen-bond donors (Lipinski definition) is 0. The SMILES string of the molecule is CCOC(=O)COc1ccc(SC(C)(c2cccc(Br)c2)c2cncs2)cc1C. The standard InChI is InChI=1S/C22H22BrNO3S2/c1-4-26-21(25)13-27-19-9-8-18(10-15(19)2)29-22(3,20-12-24-14-28-20)16-6-5-7-17(23)11-16/h5-12,14H,4,13H2,1-3H3. The molecule has 0 aliphatic heterocycles. The second-order valence-corrected chi connectivity index (χ2v) is 9.83. The van der Waals surface area contributed by atoms with E-state index in [0.717, 1.165) is 14.9 Å². The van der Waals surface area contributed by atoms with E-state index in [1.165, 1.54) is 10.4 Å². The van der Waals surface area contributed by atoms with Gasteiger partial charge in [0.15, 0.2) is 6.61 Å². The van der Waals surface area contributed by atoms with E-state index in [2.05, 4.69) is 52.1 Å². The molecule has 1 unspecified atom stereocenters. The third-order valence-electron chi connectivity index (χ3n) is 4.40. The van der Waals surface area contributed by atoms with E-state index in [9.17, 15) is 4.79 Å². The number of hydrogen-bond acceptors (Lipinski definition) is 6. The maximum atomic E-state index is 11.5. The number of aryl methyl sites for hydroxylation is 1. The van der Waals surface area contributed by atoms with Crippen LogP contribution in [-0.4, -0.2) is 24.2 Å². The van der Waals surface area contributed by atoms with Gasteiger partial charge in [-0.25, -0.2) is 4.79 Å². The summed E-state index contributed by atoms with van der Waals surface area (Å²) in [6.45, 7) is 6.24. The molecule has 0 aliphatic carbocycles. The van der Waals surface area contributed by atoms with Crippen molar-refractivity contribution in [1.29, 1.82) is 0 Å². The average Bonchev–Trinajstić information content (AvgIpc) is 3.23. The van der Waals surface area contributed by atoms with E-state index < -0.39 is 0 Å². The van der Waals surface area contributed by atoms with Gasteiger partial charge in [-0.2, -0.15) is 0 Å². The van der Waals surface area contributed by atoms with Crippen LogP contribution >= 0.6 is 39.0 Å². The van der Waals surface area contributed by atoms with Gasteiger partial charge < -0.3 is 9.47 Å². The number of ether oxygens (including phenoxy) is 2. The molecular formula is C22H22BrNO3S2. The van der Waals surface area contributed by atoms with E-state index in [1.807, 2.05) is 36.8 Å². The molecule has 0 N–H and O–H groups in total. The van der Waals surface area contributed by atoms with Gasteiger partial charge in [0.2, 0.25) is 0 Å². The lowest BCUT2D eigenvalue weighted by Gasteiger charge is -2.29. The fourth-order valence-electron chi connectivity index (χ4n) is 2.91. The molecule has 7 heteroatoms. The van der Waals surface area contributed by atoms with Crippen molar-refractivity contribution in [2.75, 3.05) is 13.2 Å². The first-order valence-electron chi connectivity index (χ1n) is 9.15. The van der Waals surface area contributed by atoms with Crippen molar-refractivity contribution < 1.29 is 14.3 Å². The molecule has 4 nitrogen and oxygen atoms in total. The summed E-state index contributed by atoms with van der Waals surface area (Å²) in [7, 11) is 0. The summed E-state index contributed by atoms with van der Waals surface area (Å²) < 4.78 is 11.3. The van der Waals surface area contributed by atoms with Crippen LogP contribution < -0.4 is 4.74 Å². The zero-order chi connectivity index (χ0) is 20.9. The number of halogens is 1. The number of carbonyl (C=O) groups excluding carboxylic acids is 1. The number of rotatable bonds is 8. The van der Waals surface area contributed by atoms with Crippen LogP contribution in [0, 0.1) is 6.92 Å². The Morgan fingerprint density at radius 1 is 1.28 bits per heavy atom. The van der Waals surface area contributed by atoms with Crippen molar-refractivity contribution in [2.24, 2.45) is 0 Å². The van der Waals surface area contributed by atoms with Crippen LogP contribution in [0.3, 0.4) is 0 Å². The van der Waals surface area contributed by atoms with Crippen LogP contribution in [0.1, 0.15) is 29.9 Å². The maximum absolute atomic E-state index is 11.5. The van der Waals surface area contributed by atoms with Crippen molar-refractivity contribution in [1.82, 2.24) is 4.98 Å². The van der Waals surface area contributed by atoms with Crippen LogP contribution in [0.5, 0.6) is 5.75 Å². The van der Waals surface area contributed by atoms with Gasteiger partial charge in [-0.3, -0.25) is 4.98 Å². The Morgan fingerprint density at radius 3 is 2.76 bits per heavy atom. The molecule has 1 atom stereocenters. The molecule has 2 aromatic carbocycles. The number of benzene rings is 2. The lowest BCUT2D eigenvalue weighted by atomic mass is 9.99. The minimum absolute atomic E-state index is 0.0855. The van der Waals surface area contributed by atoms with Crippen LogP contribution in [0.15, 0.2) is 63.5 Å². The van der Waals surface area contributed by atoms with Gasteiger partial charge in [-0.15, -0.1) is 23.1 Å². The average molecular weight is 492 g/mol. The highest BCUT2D eigenvalue weighted by atomic mass is 79.9. The van der Waals surface area contributed by atoms with Gasteiger partial charge in [0.05, 0.1) is 16.9 Å². The quantitative estimate of drug-likeness (QED) is 0.276. The molecule has 0 saturated heterocycles. The minimum atomic E-state index is -0.363. The monoisotopic (exact) mass is 491 g/mol. The predicted octanol–water partition coefficient (Wildman–Crippen LogP) is 6.21. The first-order valence-corrected chi connectivity index (χ1v) is 11.6. The smallest absolute Gasteiger partial charge is 0.344 e. The molecule has 0 saturated carbocycles. The van der Waals surface area contributed by atoms with E-state index in [1.54, 1.807) is 30.0 Å². The van der Waals surface area contributed by atoms with Crippen LogP contribution in [0.2, 0.25) is 0 Å². The highest BCUT2D eigenvalue weighted by Crippen LogP contribution is 2.48. The topological polar surface area (TPSA) is 48.4 Å². The van der Waals surface area contributed by atoms with Gasteiger partial charge >= 0.3 is 5.97 Å². The Balaban J connectivity index is 1.85. The van der Waals surface area contributed by atoms with E-state index >= 15 is 0 Å². The van der Waals surface area contributed by atoms with Gasteiger partial charge in [0.25, 0.3) is 0 Å². The molecule has 1 aromatic heterocycles. The fourth-order valence-corrected chi connectivity index (χ4v) is 5.52. The van der Waals surface area contributed by atoms with Gasteiger partial charge in [-0.05, 0) is 62.2 Å². The largest absolute Gasteiger partial charge is 0.482 e. The lowest BCUT2D eigenvalue weighted by molar-refractivity contribution is -0.145. The number of nitrogens with zero attached hydrogens (tertiary/aromatic N) is 1. The molecular weight excluding hydrogens is 470 g/mol. The third kappa shape index (κ3) is 5.41. The second kappa shape index (κ2) is 9.78. The zero-order valence-corrected chi connectivity index (χ0v) is 19.7. The Bertz CT molecular complexity index is 978. The zero-order valence-electron chi connectivity index (χ0n) is 16.5. The summed E-state index contributed by atoms with van der Waals surface area (Å²) in [5, 5.41) is 0. The first kappa shape index (κ1) is 21.9. The Morgan fingerprint density at radius 2 is 2.10 bits per heavy atom. The third-order valence-corrected chi connectivity index (χ3v) is 7.37.